The summed E-state index contributed by atoms with van der Waals surface area (Å²) >= 11 is 0. The van der Waals surface area contributed by atoms with E-state index in [1.165, 1.54) is 25.7 Å². The molecule has 6 nitrogen and oxygen atoms in total. The van der Waals surface area contributed by atoms with Crippen molar-refractivity contribution in [2.24, 2.45) is 0 Å². The number of likely N-dealkylation sites (N-methyl/N-ethyl adjacent to an activating group) is 1. The predicted molar refractivity (Wildman–Crippen MR) is 76.0 cm³/mol. The Morgan fingerprint density at radius 2 is 2.00 bits per heavy atom. The molecule has 0 aliphatic carbocycles. The van der Waals surface area contributed by atoms with Crippen molar-refractivity contribution in [1.29, 1.82) is 0 Å². The Morgan fingerprint density at radius 3 is 2.75 bits per heavy atom. The molecule has 2 atom stereocenters. The summed E-state index contributed by atoms with van der Waals surface area (Å²) in [6.45, 7) is 6.50. The summed E-state index contributed by atoms with van der Waals surface area (Å²) in [5.41, 5.74) is 0. The predicted octanol–water partition coefficient (Wildman–Crippen LogP) is 1.54. The first-order valence-corrected chi connectivity index (χ1v) is 7.78. The molecule has 112 valence electrons. The van der Waals surface area contributed by atoms with Gasteiger partial charge in [-0.2, -0.15) is 4.98 Å². The average molecular weight is 280 g/mol. The Kier molecular flexibility index (Phi) is 4.52. The van der Waals surface area contributed by atoms with E-state index in [-0.39, 0.29) is 12.0 Å². The molecule has 0 radical (unpaired) electrons. The number of nitrogens with zero attached hydrogens (tertiary/aromatic N) is 3. The molecule has 1 aromatic rings. The molecule has 2 aliphatic heterocycles. The van der Waals surface area contributed by atoms with Crippen LogP contribution in [-0.2, 0) is 4.74 Å². The van der Waals surface area contributed by atoms with Gasteiger partial charge in [0.1, 0.15) is 0 Å². The lowest BCUT2D eigenvalue weighted by Gasteiger charge is -2.17. The fourth-order valence-electron chi connectivity index (χ4n) is 3.04. The van der Waals surface area contributed by atoms with Crippen molar-refractivity contribution in [2.45, 2.75) is 44.6 Å². The van der Waals surface area contributed by atoms with Crippen molar-refractivity contribution >= 4 is 5.95 Å². The third kappa shape index (κ3) is 2.96. The Labute approximate surface area is 119 Å². The second kappa shape index (κ2) is 6.54. The number of anilines is 1. The molecule has 0 spiro atoms. The summed E-state index contributed by atoms with van der Waals surface area (Å²) in [6.07, 6.45) is 5.05. The first kappa shape index (κ1) is 13.8. The van der Waals surface area contributed by atoms with E-state index in [2.05, 4.69) is 27.3 Å². The lowest BCUT2D eigenvalue weighted by Crippen LogP contribution is -2.34. The van der Waals surface area contributed by atoms with Gasteiger partial charge in [0, 0.05) is 19.1 Å². The van der Waals surface area contributed by atoms with E-state index in [1.54, 1.807) is 0 Å². The smallest absolute Gasteiger partial charge is 0.266 e. The van der Waals surface area contributed by atoms with Crippen LogP contribution in [0.15, 0.2) is 4.52 Å². The lowest BCUT2D eigenvalue weighted by molar-refractivity contribution is 0.185. The van der Waals surface area contributed by atoms with Gasteiger partial charge in [-0.15, -0.1) is 0 Å². The van der Waals surface area contributed by atoms with Crippen molar-refractivity contribution < 1.29 is 9.26 Å². The second-order valence-corrected chi connectivity index (χ2v) is 5.64. The molecule has 2 aliphatic rings. The zero-order valence-electron chi connectivity index (χ0n) is 12.2. The fraction of sp³-hybridized carbons (Fsp3) is 0.857. The molecule has 0 amide bonds. The monoisotopic (exact) mass is 280 g/mol. The third-order valence-corrected chi connectivity index (χ3v) is 4.18. The Bertz CT molecular complexity index is 415. The second-order valence-electron chi connectivity index (χ2n) is 5.64. The normalized spacial score (nSPS) is 27.8. The number of rotatable bonds is 4. The highest BCUT2D eigenvalue weighted by atomic mass is 16.5. The molecule has 1 N–H and O–H groups in total. The van der Waals surface area contributed by atoms with Gasteiger partial charge < -0.3 is 19.5 Å². The summed E-state index contributed by atoms with van der Waals surface area (Å²) in [7, 11) is 0. The Hall–Kier alpha value is -1.14. The molecular weight excluding hydrogens is 256 g/mol. The summed E-state index contributed by atoms with van der Waals surface area (Å²) in [5, 5.41) is 7.60. The summed E-state index contributed by atoms with van der Waals surface area (Å²) in [5.74, 6) is 1.65. The molecule has 20 heavy (non-hydrogen) atoms. The van der Waals surface area contributed by atoms with Crippen LogP contribution in [0.3, 0.4) is 0 Å². The van der Waals surface area contributed by atoms with Crippen LogP contribution in [0.25, 0.3) is 0 Å². The van der Waals surface area contributed by atoms with Crippen LogP contribution >= 0.6 is 0 Å². The molecule has 2 fully saturated rings. The van der Waals surface area contributed by atoms with Gasteiger partial charge in [-0.3, -0.25) is 0 Å². The minimum atomic E-state index is 0.183. The van der Waals surface area contributed by atoms with Crippen molar-refractivity contribution in [2.75, 3.05) is 37.7 Å². The standard InChI is InChI=1S/C14H24N4O2/c1-2-15-12-10-19-9-11(12)13-16-14(17-20-13)18-7-5-3-4-6-8-18/h11-12,15H,2-10H2,1H3. The molecule has 6 heteroatoms. The first-order chi connectivity index (χ1) is 9.88. The van der Waals surface area contributed by atoms with E-state index in [9.17, 15) is 0 Å². The van der Waals surface area contributed by atoms with Crippen LogP contribution in [0.4, 0.5) is 5.95 Å². The first-order valence-electron chi connectivity index (χ1n) is 7.78. The number of nitrogens with one attached hydrogen (secondary N) is 1. The maximum atomic E-state index is 5.55. The zero-order chi connectivity index (χ0) is 13.8. The maximum Gasteiger partial charge on any atom is 0.266 e. The minimum Gasteiger partial charge on any atom is -0.379 e. The summed E-state index contributed by atoms with van der Waals surface area (Å²) in [4.78, 5) is 6.87. The Morgan fingerprint density at radius 1 is 1.20 bits per heavy atom. The van der Waals surface area contributed by atoms with E-state index in [4.69, 9.17) is 9.26 Å². The van der Waals surface area contributed by atoms with Crippen molar-refractivity contribution in [3.05, 3.63) is 5.89 Å². The van der Waals surface area contributed by atoms with E-state index >= 15 is 0 Å². The van der Waals surface area contributed by atoms with Crippen LogP contribution in [0, 0.1) is 0 Å². The third-order valence-electron chi connectivity index (χ3n) is 4.18. The number of hydrogen-bond donors (Lipinski definition) is 1. The fourth-order valence-corrected chi connectivity index (χ4v) is 3.04. The van der Waals surface area contributed by atoms with Gasteiger partial charge in [0.05, 0.1) is 19.1 Å². The highest BCUT2D eigenvalue weighted by Gasteiger charge is 2.33. The highest BCUT2D eigenvalue weighted by Crippen LogP contribution is 2.26. The molecule has 0 aromatic carbocycles. The van der Waals surface area contributed by atoms with Gasteiger partial charge >= 0.3 is 0 Å². The molecule has 0 bridgehead atoms. The topological polar surface area (TPSA) is 63.4 Å². The van der Waals surface area contributed by atoms with Gasteiger partial charge in [-0.05, 0) is 24.5 Å². The van der Waals surface area contributed by atoms with Gasteiger partial charge in [0.25, 0.3) is 5.95 Å². The van der Waals surface area contributed by atoms with Gasteiger partial charge in [-0.25, -0.2) is 0 Å². The van der Waals surface area contributed by atoms with E-state index in [0.29, 0.717) is 12.5 Å². The molecule has 3 heterocycles. The molecular formula is C14H24N4O2. The number of aromatic nitrogens is 2. The van der Waals surface area contributed by atoms with Crippen LogP contribution in [0.1, 0.15) is 44.4 Å². The quantitative estimate of drug-likeness (QED) is 0.902. The maximum absolute atomic E-state index is 5.55. The minimum absolute atomic E-state index is 0.183. The van der Waals surface area contributed by atoms with Gasteiger partial charge in [0.15, 0.2) is 0 Å². The van der Waals surface area contributed by atoms with Gasteiger partial charge in [0.2, 0.25) is 5.89 Å². The largest absolute Gasteiger partial charge is 0.379 e. The van der Waals surface area contributed by atoms with E-state index in [0.717, 1.165) is 32.2 Å². The van der Waals surface area contributed by atoms with E-state index < -0.39 is 0 Å². The zero-order valence-corrected chi connectivity index (χ0v) is 12.2. The number of hydrogen-bond acceptors (Lipinski definition) is 6. The molecule has 2 unspecified atom stereocenters. The SMILES string of the molecule is CCNC1COCC1c1nc(N2CCCCCC2)no1. The highest BCUT2D eigenvalue weighted by molar-refractivity contribution is 5.28. The van der Waals surface area contributed by atoms with Gasteiger partial charge in [-0.1, -0.05) is 19.8 Å². The average Bonchev–Trinajstić information content (AvgIpc) is 3.02. The van der Waals surface area contributed by atoms with Crippen LogP contribution in [0.5, 0.6) is 0 Å². The molecule has 3 rings (SSSR count). The Balaban J connectivity index is 1.69. The van der Waals surface area contributed by atoms with Crippen LogP contribution in [0.2, 0.25) is 0 Å². The number of ether oxygens (including phenoxy) is 1. The molecule has 0 saturated carbocycles. The van der Waals surface area contributed by atoms with Crippen LogP contribution in [-0.4, -0.2) is 49.0 Å². The van der Waals surface area contributed by atoms with Crippen molar-refractivity contribution in [1.82, 2.24) is 15.5 Å². The summed E-state index contributed by atoms with van der Waals surface area (Å²) in [6, 6.07) is 0.289. The van der Waals surface area contributed by atoms with Crippen molar-refractivity contribution in [3.63, 3.8) is 0 Å². The molecule has 2 saturated heterocycles. The lowest BCUT2D eigenvalue weighted by atomic mass is 10.0. The molecule has 1 aromatic heterocycles. The van der Waals surface area contributed by atoms with Crippen LogP contribution < -0.4 is 10.2 Å². The van der Waals surface area contributed by atoms with E-state index in [1.807, 2.05) is 0 Å². The summed E-state index contributed by atoms with van der Waals surface area (Å²) < 4.78 is 11.0. The van der Waals surface area contributed by atoms with Crippen molar-refractivity contribution in [3.8, 4) is 0 Å².